The van der Waals surface area contributed by atoms with Gasteiger partial charge in [-0.15, -0.1) is 0 Å². The third-order valence-electron chi connectivity index (χ3n) is 3.92. The van der Waals surface area contributed by atoms with Crippen LogP contribution < -0.4 is 11.2 Å². The minimum atomic E-state index is -0.385. The molecule has 0 spiro atoms. The summed E-state index contributed by atoms with van der Waals surface area (Å²) in [5.41, 5.74) is 1.40. The molecule has 0 aliphatic rings. The molecule has 0 amide bonds. The number of hydrogen-bond acceptors (Lipinski definition) is 3. The van der Waals surface area contributed by atoms with Crippen molar-refractivity contribution in [3.05, 3.63) is 38.2 Å². The van der Waals surface area contributed by atoms with Gasteiger partial charge in [0.1, 0.15) is 5.65 Å². The summed E-state index contributed by atoms with van der Waals surface area (Å²) >= 11 is 0. The van der Waals surface area contributed by atoms with Crippen LogP contribution in [0.4, 0.5) is 0 Å². The maximum absolute atomic E-state index is 12.5. The summed E-state index contributed by atoms with van der Waals surface area (Å²) in [7, 11) is 0. The fourth-order valence-corrected chi connectivity index (χ4v) is 2.72. The molecule has 0 bridgehead atoms. The van der Waals surface area contributed by atoms with E-state index in [1.807, 2.05) is 19.9 Å². The molecule has 2 aromatic heterocycles. The molecule has 0 aliphatic heterocycles. The van der Waals surface area contributed by atoms with Gasteiger partial charge in [0.25, 0.3) is 5.56 Å². The molecule has 5 nitrogen and oxygen atoms in total. The standard InChI is InChI=1S/C18H27N3O2/c1-10(2)9-21-15-14(16(22)20-17(21)23)12(18(5,6)7)8-13(19-15)11(3)4/h8,10-11H,9H2,1-7H3,(H,20,22,23). The summed E-state index contributed by atoms with van der Waals surface area (Å²) in [6.07, 6.45) is 0. The number of pyridine rings is 1. The summed E-state index contributed by atoms with van der Waals surface area (Å²) in [6.45, 7) is 15.0. The van der Waals surface area contributed by atoms with E-state index in [4.69, 9.17) is 0 Å². The van der Waals surface area contributed by atoms with Gasteiger partial charge in [-0.05, 0) is 28.9 Å². The fraction of sp³-hybridized carbons (Fsp3) is 0.611. The van der Waals surface area contributed by atoms with E-state index in [1.165, 1.54) is 0 Å². The van der Waals surface area contributed by atoms with Crippen molar-refractivity contribution in [3.63, 3.8) is 0 Å². The minimum absolute atomic E-state index is 0.210. The molecule has 2 rings (SSSR count). The number of H-pyrrole nitrogens is 1. The first-order chi connectivity index (χ1) is 10.5. The number of rotatable bonds is 3. The van der Waals surface area contributed by atoms with Crippen molar-refractivity contribution in [2.45, 2.75) is 66.3 Å². The molecule has 126 valence electrons. The Hall–Kier alpha value is -1.91. The van der Waals surface area contributed by atoms with Gasteiger partial charge in [0.15, 0.2) is 0 Å². The normalized spacial score (nSPS) is 12.6. The quantitative estimate of drug-likeness (QED) is 0.945. The van der Waals surface area contributed by atoms with E-state index in [0.29, 0.717) is 17.6 Å². The molecule has 2 heterocycles. The van der Waals surface area contributed by atoms with E-state index in [-0.39, 0.29) is 28.5 Å². The lowest BCUT2D eigenvalue weighted by molar-refractivity contribution is 0.511. The fourth-order valence-electron chi connectivity index (χ4n) is 2.72. The molecule has 0 aromatic carbocycles. The van der Waals surface area contributed by atoms with Crippen LogP contribution in [-0.4, -0.2) is 14.5 Å². The van der Waals surface area contributed by atoms with E-state index in [9.17, 15) is 9.59 Å². The lowest BCUT2D eigenvalue weighted by Crippen LogP contribution is -2.34. The monoisotopic (exact) mass is 317 g/mol. The molecule has 2 aromatic rings. The molecular formula is C18H27N3O2. The second kappa shape index (κ2) is 5.95. The summed E-state index contributed by atoms with van der Waals surface area (Å²) in [5.74, 6) is 0.506. The van der Waals surface area contributed by atoms with Gasteiger partial charge in [-0.3, -0.25) is 14.3 Å². The Morgan fingerprint density at radius 1 is 1.17 bits per heavy atom. The van der Waals surface area contributed by atoms with E-state index in [0.717, 1.165) is 11.3 Å². The lowest BCUT2D eigenvalue weighted by Gasteiger charge is -2.23. The van der Waals surface area contributed by atoms with Crippen molar-refractivity contribution in [1.82, 2.24) is 14.5 Å². The number of aromatic amines is 1. The Morgan fingerprint density at radius 2 is 1.78 bits per heavy atom. The SMILES string of the molecule is CC(C)Cn1c(=O)[nH]c(=O)c2c(C(C)(C)C)cc(C(C)C)nc21. The summed E-state index contributed by atoms with van der Waals surface area (Å²) in [6, 6.07) is 2.01. The van der Waals surface area contributed by atoms with Crippen molar-refractivity contribution in [1.29, 1.82) is 0 Å². The summed E-state index contributed by atoms with van der Waals surface area (Å²) in [5, 5.41) is 0.530. The second-order valence-electron chi connectivity index (χ2n) is 7.96. The van der Waals surface area contributed by atoms with Crippen molar-refractivity contribution < 1.29 is 0 Å². The van der Waals surface area contributed by atoms with Crippen LogP contribution in [0.3, 0.4) is 0 Å². The van der Waals surface area contributed by atoms with Crippen molar-refractivity contribution in [2.75, 3.05) is 0 Å². The van der Waals surface area contributed by atoms with Gasteiger partial charge in [-0.1, -0.05) is 48.5 Å². The van der Waals surface area contributed by atoms with Crippen molar-refractivity contribution in [3.8, 4) is 0 Å². The van der Waals surface area contributed by atoms with Crippen LogP contribution in [0.5, 0.6) is 0 Å². The Kier molecular flexibility index (Phi) is 4.51. The van der Waals surface area contributed by atoms with Gasteiger partial charge >= 0.3 is 5.69 Å². The Morgan fingerprint density at radius 3 is 2.26 bits per heavy atom. The van der Waals surface area contributed by atoms with E-state index < -0.39 is 0 Å². The van der Waals surface area contributed by atoms with Crippen molar-refractivity contribution in [2.24, 2.45) is 5.92 Å². The molecule has 0 aliphatic carbocycles. The largest absolute Gasteiger partial charge is 0.330 e. The second-order valence-corrected chi connectivity index (χ2v) is 7.96. The van der Waals surface area contributed by atoms with E-state index in [2.05, 4.69) is 44.6 Å². The predicted molar refractivity (Wildman–Crippen MR) is 94.3 cm³/mol. The summed E-state index contributed by atoms with van der Waals surface area (Å²) < 4.78 is 1.60. The van der Waals surface area contributed by atoms with E-state index >= 15 is 0 Å². The molecule has 23 heavy (non-hydrogen) atoms. The molecule has 0 unspecified atom stereocenters. The van der Waals surface area contributed by atoms with Gasteiger partial charge in [0.05, 0.1) is 5.39 Å². The van der Waals surface area contributed by atoms with Gasteiger partial charge in [0, 0.05) is 12.2 Å². The Labute approximate surface area is 136 Å². The zero-order valence-electron chi connectivity index (χ0n) is 15.2. The first-order valence-corrected chi connectivity index (χ1v) is 8.20. The molecule has 0 atom stereocenters. The molecule has 0 radical (unpaired) electrons. The van der Waals surface area contributed by atoms with Crippen LogP contribution >= 0.6 is 0 Å². The van der Waals surface area contributed by atoms with Gasteiger partial charge in [-0.2, -0.15) is 0 Å². The number of aromatic nitrogens is 3. The Balaban J connectivity index is 3.02. The highest BCUT2D eigenvalue weighted by molar-refractivity contribution is 5.79. The maximum atomic E-state index is 12.5. The lowest BCUT2D eigenvalue weighted by atomic mass is 9.84. The third kappa shape index (κ3) is 3.38. The zero-order chi connectivity index (χ0) is 17.5. The van der Waals surface area contributed by atoms with Crippen LogP contribution in [0.1, 0.15) is 65.6 Å². The highest BCUT2D eigenvalue weighted by atomic mass is 16.2. The van der Waals surface area contributed by atoms with Crippen LogP contribution in [0.25, 0.3) is 11.0 Å². The average molecular weight is 317 g/mol. The number of fused-ring (bicyclic) bond motifs is 1. The molecular weight excluding hydrogens is 290 g/mol. The first-order valence-electron chi connectivity index (χ1n) is 8.20. The maximum Gasteiger partial charge on any atom is 0.330 e. The number of nitrogens with zero attached hydrogens (tertiary/aromatic N) is 2. The van der Waals surface area contributed by atoms with Crippen LogP contribution in [0, 0.1) is 5.92 Å². The topological polar surface area (TPSA) is 67.8 Å². The molecule has 5 heteroatoms. The van der Waals surface area contributed by atoms with Crippen molar-refractivity contribution >= 4 is 11.0 Å². The average Bonchev–Trinajstić information content (AvgIpc) is 2.40. The van der Waals surface area contributed by atoms with Crippen LogP contribution in [-0.2, 0) is 12.0 Å². The number of nitrogens with one attached hydrogen (secondary N) is 1. The predicted octanol–water partition coefficient (Wildman–Crippen LogP) is 3.16. The van der Waals surface area contributed by atoms with Gasteiger partial charge in [0.2, 0.25) is 0 Å². The summed E-state index contributed by atoms with van der Waals surface area (Å²) in [4.78, 5) is 31.9. The highest BCUT2D eigenvalue weighted by Gasteiger charge is 2.23. The number of hydrogen-bond donors (Lipinski definition) is 1. The molecule has 0 fully saturated rings. The molecule has 0 saturated carbocycles. The molecule has 1 N–H and O–H groups in total. The third-order valence-corrected chi connectivity index (χ3v) is 3.92. The van der Waals surface area contributed by atoms with Gasteiger partial charge in [-0.25, -0.2) is 9.78 Å². The van der Waals surface area contributed by atoms with Crippen LogP contribution in [0.15, 0.2) is 15.7 Å². The van der Waals surface area contributed by atoms with Crippen LogP contribution in [0.2, 0.25) is 0 Å². The van der Waals surface area contributed by atoms with E-state index in [1.54, 1.807) is 4.57 Å². The zero-order valence-corrected chi connectivity index (χ0v) is 15.2. The smallest absolute Gasteiger partial charge is 0.277 e. The highest BCUT2D eigenvalue weighted by Crippen LogP contribution is 2.29. The van der Waals surface area contributed by atoms with Gasteiger partial charge < -0.3 is 0 Å². The minimum Gasteiger partial charge on any atom is -0.277 e. The Bertz CT molecular complexity index is 836. The first kappa shape index (κ1) is 17.4. The molecule has 0 saturated heterocycles.